The number of alkyl carbamates (subject to hydrolysis) is 1. The smallest absolute Gasteiger partial charge is 0.407 e. The lowest BCUT2D eigenvalue weighted by Crippen LogP contribution is -2.57. The molecule has 0 atom stereocenters. The van der Waals surface area contributed by atoms with E-state index < -0.39 is 23.0 Å². The minimum atomic E-state index is -0.853. The highest BCUT2D eigenvalue weighted by atomic mass is 16.5. The molecule has 3 aliphatic carbocycles. The van der Waals surface area contributed by atoms with Crippen molar-refractivity contribution >= 4 is 18.0 Å². The lowest BCUT2D eigenvalue weighted by Gasteiger charge is -2.42. The van der Waals surface area contributed by atoms with Crippen LogP contribution in [0.5, 0.6) is 0 Å². The van der Waals surface area contributed by atoms with Crippen LogP contribution in [0.4, 0.5) is 4.79 Å². The maximum absolute atomic E-state index is 12.7. The quantitative estimate of drug-likeness (QED) is 0.545. The van der Waals surface area contributed by atoms with Gasteiger partial charge >= 0.3 is 12.1 Å². The van der Waals surface area contributed by atoms with Gasteiger partial charge in [0.25, 0.3) is 0 Å². The first-order valence-corrected chi connectivity index (χ1v) is 12.0. The second-order valence-corrected chi connectivity index (χ2v) is 9.98. The van der Waals surface area contributed by atoms with Gasteiger partial charge in [-0.25, -0.2) is 4.79 Å². The second-order valence-electron chi connectivity index (χ2n) is 9.98. The molecule has 178 valence electrons. The summed E-state index contributed by atoms with van der Waals surface area (Å²) in [6.07, 6.45) is 3.99. The molecule has 0 unspecified atom stereocenters. The summed E-state index contributed by atoms with van der Waals surface area (Å²) in [7, 11) is 0. The molecule has 2 fully saturated rings. The van der Waals surface area contributed by atoms with Crippen molar-refractivity contribution in [2.45, 2.75) is 56.4 Å². The average Bonchev–Trinajstić information content (AvgIpc) is 3.09. The molecule has 0 heterocycles. The number of aliphatic carboxylic acids is 1. The SMILES string of the molecule is O=C(CC1(NC(=O)OCC2c3ccccc3-c3ccccc32)CCC1)NCC1(C(=O)O)CCC1. The Hall–Kier alpha value is -3.35. The number of carbonyl (C=O) groups is 3. The highest BCUT2D eigenvalue weighted by Crippen LogP contribution is 2.45. The summed E-state index contributed by atoms with van der Waals surface area (Å²) in [6.45, 7) is 0.367. The van der Waals surface area contributed by atoms with Crippen LogP contribution in [0.3, 0.4) is 0 Å². The van der Waals surface area contributed by atoms with Crippen LogP contribution in [-0.4, -0.2) is 41.8 Å². The van der Waals surface area contributed by atoms with Crippen LogP contribution in [-0.2, 0) is 14.3 Å². The molecule has 5 rings (SSSR count). The molecule has 2 amide bonds. The number of rotatable bonds is 8. The molecule has 3 N–H and O–H groups in total. The number of amides is 2. The van der Waals surface area contributed by atoms with E-state index in [-0.39, 0.29) is 31.4 Å². The van der Waals surface area contributed by atoms with Gasteiger partial charge < -0.3 is 20.5 Å². The summed E-state index contributed by atoms with van der Waals surface area (Å²) in [6, 6.07) is 16.4. The number of carboxylic acid groups (broad SMARTS) is 1. The van der Waals surface area contributed by atoms with Crippen LogP contribution in [0.1, 0.15) is 62.0 Å². The molecule has 34 heavy (non-hydrogen) atoms. The first-order chi connectivity index (χ1) is 16.4. The van der Waals surface area contributed by atoms with E-state index in [0.717, 1.165) is 24.0 Å². The molecule has 0 bridgehead atoms. The van der Waals surface area contributed by atoms with Crippen LogP contribution in [0, 0.1) is 5.41 Å². The number of carbonyl (C=O) groups excluding carboxylic acids is 2. The Balaban J connectivity index is 1.17. The molecular weight excluding hydrogens is 432 g/mol. The molecule has 0 aromatic heterocycles. The third-order valence-electron chi connectivity index (χ3n) is 7.91. The topological polar surface area (TPSA) is 105 Å². The zero-order valence-corrected chi connectivity index (χ0v) is 19.1. The standard InChI is InChI=1S/C27H30N2O5/c30-23(28-17-26(24(31)32)11-5-12-26)15-27(13-6-14-27)29-25(33)34-16-22-20-9-3-1-7-18(20)19-8-2-4-10-21(19)22/h1-4,7-10,22H,5-6,11-17H2,(H,28,30)(H,29,33)(H,31,32). The average molecular weight is 463 g/mol. The molecular formula is C27H30N2O5. The number of ether oxygens (including phenoxy) is 1. The van der Waals surface area contributed by atoms with Crippen molar-refractivity contribution in [1.29, 1.82) is 0 Å². The van der Waals surface area contributed by atoms with E-state index in [1.54, 1.807) is 0 Å². The second kappa shape index (κ2) is 8.78. The largest absolute Gasteiger partial charge is 0.481 e. The van der Waals surface area contributed by atoms with E-state index >= 15 is 0 Å². The highest BCUT2D eigenvalue weighted by molar-refractivity contribution is 5.82. The maximum atomic E-state index is 12.7. The Morgan fingerprint density at radius 2 is 1.50 bits per heavy atom. The lowest BCUT2D eigenvalue weighted by molar-refractivity contribution is -0.154. The predicted molar refractivity (Wildman–Crippen MR) is 126 cm³/mol. The summed E-state index contributed by atoms with van der Waals surface area (Å²) in [5.74, 6) is -1.10. The van der Waals surface area contributed by atoms with E-state index in [1.807, 2.05) is 24.3 Å². The summed E-state index contributed by atoms with van der Waals surface area (Å²) < 4.78 is 5.67. The number of carboxylic acids is 1. The molecule has 7 heteroatoms. The first kappa shape index (κ1) is 22.4. The number of nitrogens with one attached hydrogen (secondary N) is 2. The first-order valence-electron chi connectivity index (χ1n) is 12.0. The molecule has 2 aromatic carbocycles. The fraction of sp³-hybridized carbons (Fsp3) is 0.444. The monoisotopic (exact) mass is 462 g/mol. The van der Waals surface area contributed by atoms with Crippen LogP contribution in [0.25, 0.3) is 11.1 Å². The van der Waals surface area contributed by atoms with Crippen LogP contribution in [0.15, 0.2) is 48.5 Å². The highest BCUT2D eigenvalue weighted by Gasteiger charge is 2.46. The van der Waals surface area contributed by atoms with Crippen LogP contribution < -0.4 is 10.6 Å². The van der Waals surface area contributed by atoms with Gasteiger partial charge in [-0.3, -0.25) is 9.59 Å². The van der Waals surface area contributed by atoms with E-state index in [9.17, 15) is 19.5 Å². The Kier molecular flexibility index (Phi) is 5.80. The van der Waals surface area contributed by atoms with Gasteiger partial charge in [0, 0.05) is 18.9 Å². The Morgan fingerprint density at radius 1 is 0.912 bits per heavy atom. The third kappa shape index (κ3) is 4.04. The van der Waals surface area contributed by atoms with Crippen molar-refractivity contribution in [3.8, 4) is 11.1 Å². The van der Waals surface area contributed by atoms with E-state index in [1.165, 1.54) is 11.1 Å². The van der Waals surface area contributed by atoms with Crippen LogP contribution >= 0.6 is 0 Å². The van der Waals surface area contributed by atoms with Gasteiger partial charge in [-0.1, -0.05) is 55.0 Å². The number of hydrogen-bond donors (Lipinski definition) is 3. The van der Waals surface area contributed by atoms with Crippen molar-refractivity contribution < 1.29 is 24.2 Å². The number of hydrogen-bond acceptors (Lipinski definition) is 4. The van der Waals surface area contributed by atoms with Gasteiger partial charge in [-0.2, -0.15) is 0 Å². The summed E-state index contributed by atoms with van der Waals surface area (Å²) in [4.78, 5) is 36.8. The minimum Gasteiger partial charge on any atom is -0.481 e. The maximum Gasteiger partial charge on any atom is 0.407 e. The van der Waals surface area contributed by atoms with E-state index in [2.05, 4.69) is 34.9 Å². The van der Waals surface area contributed by atoms with Crippen molar-refractivity contribution in [2.75, 3.05) is 13.2 Å². The Morgan fingerprint density at radius 3 is 2.00 bits per heavy atom. The van der Waals surface area contributed by atoms with E-state index in [4.69, 9.17) is 4.74 Å². The van der Waals surface area contributed by atoms with Crippen molar-refractivity contribution in [3.05, 3.63) is 59.7 Å². The predicted octanol–water partition coefficient (Wildman–Crippen LogP) is 4.21. The van der Waals surface area contributed by atoms with Gasteiger partial charge in [-0.05, 0) is 54.4 Å². The molecule has 2 saturated carbocycles. The van der Waals surface area contributed by atoms with Gasteiger partial charge in [-0.15, -0.1) is 0 Å². The molecule has 3 aliphatic rings. The third-order valence-corrected chi connectivity index (χ3v) is 7.91. The summed E-state index contributed by atoms with van der Waals surface area (Å²) in [5.41, 5.74) is 3.19. The van der Waals surface area contributed by atoms with Crippen molar-refractivity contribution in [2.24, 2.45) is 5.41 Å². The number of benzene rings is 2. The van der Waals surface area contributed by atoms with Crippen molar-refractivity contribution in [1.82, 2.24) is 10.6 Å². The zero-order valence-electron chi connectivity index (χ0n) is 19.1. The van der Waals surface area contributed by atoms with Gasteiger partial charge in [0.1, 0.15) is 6.61 Å². The molecule has 0 radical (unpaired) electrons. The fourth-order valence-electron chi connectivity index (χ4n) is 5.51. The summed E-state index contributed by atoms with van der Waals surface area (Å²) >= 11 is 0. The fourth-order valence-corrected chi connectivity index (χ4v) is 5.51. The van der Waals surface area contributed by atoms with Gasteiger partial charge in [0.2, 0.25) is 5.91 Å². The lowest BCUT2D eigenvalue weighted by atomic mass is 9.68. The molecule has 7 nitrogen and oxygen atoms in total. The molecule has 0 spiro atoms. The molecule has 2 aromatic rings. The Bertz CT molecular complexity index is 1070. The van der Waals surface area contributed by atoms with Gasteiger partial charge in [0.15, 0.2) is 0 Å². The summed E-state index contributed by atoms with van der Waals surface area (Å²) in [5, 5.41) is 15.2. The van der Waals surface area contributed by atoms with Crippen LogP contribution in [0.2, 0.25) is 0 Å². The van der Waals surface area contributed by atoms with E-state index in [0.29, 0.717) is 25.7 Å². The normalized spacial score (nSPS) is 19.1. The molecule has 0 saturated heterocycles. The molecule has 0 aliphatic heterocycles. The number of fused-ring (bicyclic) bond motifs is 3. The Labute approximate surface area is 198 Å². The zero-order chi connectivity index (χ0) is 23.8. The van der Waals surface area contributed by atoms with Crippen molar-refractivity contribution in [3.63, 3.8) is 0 Å². The minimum absolute atomic E-state index is 0.0199. The van der Waals surface area contributed by atoms with Gasteiger partial charge in [0.05, 0.1) is 11.0 Å².